The van der Waals surface area contributed by atoms with Crippen LogP contribution in [0.1, 0.15) is 5.56 Å². The quantitative estimate of drug-likeness (QED) is 0.532. The lowest BCUT2D eigenvalue weighted by Crippen LogP contribution is -2.44. The van der Waals surface area contributed by atoms with Gasteiger partial charge in [-0.3, -0.25) is 4.79 Å². The first-order valence-electron chi connectivity index (χ1n) is 6.65. The molecule has 0 spiro atoms. The highest BCUT2D eigenvalue weighted by molar-refractivity contribution is 5.85. The predicted molar refractivity (Wildman–Crippen MR) is 76.8 cm³/mol. The summed E-state index contributed by atoms with van der Waals surface area (Å²) < 4.78 is 14.6. The Bertz CT molecular complexity index is 435. The first-order chi connectivity index (χ1) is 10.2. The molecule has 0 heterocycles. The fourth-order valence-corrected chi connectivity index (χ4v) is 1.73. The number of hydrogen-bond donors (Lipinski definition) is 1. The van der Waals surface area contributed by atoms with Crippen LogP contribution < -0.4 is 5.32 Å². The first kappa shape index (κ1) is 17.1. The van der Waals surface area contributed by atoms with Crippen molar-refractivity contribution in [1.29, 1.82) is 0 Å². The van der Waals surface area contributed by atoms with Crippen LogP contribution >= 0.6 is 0 Å². The molecule has 0 saturated heterocycles. The van der Waals surface area contributed by atoms with E-state index in [2.05, 4.69) is 5.32 Å². The molecular formula is C15H21NO5. The Kier molecular flexibility index (Phi) is 8.08. The van der Waals surface area contributed by atoms with Crippen LogP contribution in [0.3, 0.4) is 0 Å². The second-order valence-electron chi connectivity index (χ2n) is 4.38. The maximum absolute atomic E-state index is 11.7. The predicted octanol–water partition coefficient (Wildman–Crippen LogP) is 0.550. The summed E-state index contributed by atoms with van der Waals surface area (Å²) in [5, 5.41) is 2.61. The van der Waals surface area contributed by atoms with Gasteiger partial charge in [-0.1, -0.05) is 30.3 Å². The van der Waals surface area contributed by atoms with Gasteiger partial charge in [0, 0.05) is 13.5 Å². The summed E-state index contributed by atoms with van der Waals surface area (Å²) in [4.78, 5) is 23.5. The van der Waals surface area contributed by atoms with Crippen molar-refractivity contribution in [1.82, 2.24) is 5.32 Å². The van der Waals surface area contributed by atoms with E-state index in [1.807, 2.05) is 30.3 Å². The van der Waals surface area contributed by atoms with Gasteiger partial charge < -0.3 is 19.5 Å². The van der Waals surface area contributed by atoms with Gasteiger partial charge in [0.05, 0.1) is 20.3 Å². The third-order valence-corrected chi connectivity index (χ3v) is 2.77. The average molecular weight is 295 g/mol. The number of esters is 1. The maximum Gasteiger partial charge on any atom is 0.328 e. The molecule has 1 amide bonds. The smallest absolute Gasteiger partial charge is 0.328 e. The molecule has 0 fully saturated rings. The number of amides is 1. The summed E-state index contributed by atoms with van der Waals surface area (Å²) in [6.07, 6.45) is 0.372. The monoisotopic (exact) mass is 295 g/mol. The zero-order chi connectivity index (χ0) is 15.5. The second kappa shape index (κ2) is 9.90. The van der Waals surface area contributed by atoms with Crippen LogP contribution in [-0.4, -0.2) is 52.0 Å². The summed E-state index contributed by atoms with van der Waals surface area (Å²) in [7, 11) is 2.85. The van der Waals surface area contributed by atoms with E-state index in [0.29, 0.717) is 19.6 Å². The molecule has 116 valence electrons. The third-order valence-electron chi connectivity index (χ3n) is 2.77. The number of benzene rings is 1. The van der Waals surface area contributed by atoms with Crippen molar-refractivity contribution in [3.8, 4) is 0 Å². The SMILES string of the molecule is COCCOCC(=O)N[C@H](Cc1ccccc1)C(=O)OC. The molecule has 0 aromatic heterocycles. The summed E-state index contributed by atoms with van der Waals surface area (Å²) >= 11 is 0. The van der Waals surface area contributed by atoms with Crippen LogP contribution in [0.15, 0.2) is 30.3 Å². The van der Waals surface area contributed by atoms with E-state index in [4.69, 9.17) is 14.2 Å². The maximum atomic E-state index is 11.7. The number of ether oxygens (including phenoxy) is 3. The van der Waals surface area contributed by atoms with Crippen molar-refractivity contribution in [2.45, 2.75) is 12.5 Å². The molecule has 0 aliphatic heterocycles. The van der Waals surface area contributed by atoms with Gasteiger partial charge in [0.2, 0.25) is 5.91 Å². The van der Waals surface area contributed by atoms with Crippen molar-refractivity contribution in [3.05, 3.63) is 35.9 Å². The highest BCUT2D eigenvalue weighted by Gasteiger charge is 2.21. The number of rotatable bonds is 9. The lowest BCUT2D eigenvalue weighted by Gasteiger charge is -2.16. The molecule has 0 saturated carbocycles. The van der Waals surface area contributed by atoms with E-state index in [0.717, 1.165) is 5.56 Å². The molecule has 21 heavy (non-hydrogen) atoms. The first-order valence-corrected chi connectivity index (χ1v) is 6.65. The number of hydrogen-bond acceptors (Lipinski definition) is 5. The van der Waals surface area contributed by atoms with Crippen LogP contribution in [0, 0.1) is 0 Å². The van der Waals surface area contributed by atoms with E-state index in [-0.39, 0.29) is 12.5 Å². The minimum atomic E-state index is -0.726. The largest absolute Gasteiger partial charge is 0.467 e. The molecule has 6 heteroatoms. The molecule has 0 aliphatic carbocycles. The Morgan fingerprint density at radius 2 is 1.86 bits per heavy atom. The van der Waals surface area contributed by atoms with Crippen molar-refractivity contribution >= 4 is 11.9 Å². The minimum absolute atomic E-state index is 0.119. The molecule has 6 nitrogen and oxygen atoms in total. The van der Waals surface area contributed by atoms with E-state index in [1.54, 1.807) is 7.11 Å². The average Bonchev–Trinajstić information content (AvgIpc) is 2.51. The van der Waals surface area contributed by atoms with Gasteiger partial charge in [-0.15, -0.1) is 0 Å². The van der Waals surface area contributed by atoms with Gasteiger partial charge in [0.15, 0.2) is 0 Å². The Hall–Kier alpha value is -1.92. The lowest BCUT2D eigenvalue weighted by atomic mass is 10.1. The second-order valence-corrected chi connectivity index (χ2v) is 4.38. The Morgan fingerprint density at radius 3 is 2.48 bits per heavy atom. The molecule has 1 aromatic rings. The molecule has 0 aliphatic rings. The Morgan fingerprint density at radius 1 is 1.14 bits per heavy atom. The van der Waals surface area contributed by atoms with Gasteiger partial charge in [-0.05, 0) is 5.56 Å². The molecule has 1 rings (SSSR count). The molecule has 1 aromatic carbocycles. The Labute approximate surface area is 124 Å². The van der Waals surface area contributed by atoms with Crippen LogP contribution in [0.25, 0.3) is 0 Å². The van der Waals surface area contributed by atoms with E-state index >= 15 is 0 Å². The zero-order valence-corrected chi connectivity index (χ0v) is 12.3. The van der Waals surface area contributed by atoms with Crippen LogP contribution in [0.5, 0.6) is 0 Å². The van der Waals surface area contributed by atoms with E-state index < -0.39 is 12.0 Å². The van der Waals surface area contributed by atoms with Gasteiger partial charge in [0.1, 0.15) is 12.6 Å². The molecule has 0 radical (unpaired) electrons. The van der Waals surface area contributed by atoms with Crippen molar-refractivity contribution < 1.29 is 23.8 Å². The molecule has 1 N–H and O–H groups in total. The summed E-state index contributed by atoms with van der Waals surface area (Å²) in [5.74, 6) is -0.846. The van der Waals surface area contributed by atoms with Gasteiger partial charge in [-0.2, -0.15) is 0 Å². The van der Waals surface area contributed by atoms with Crippen molar-refractivity contribution in [2.75, 3.05) is 34.0 Å². The molecular weight excluding hydrogens is 274 g/mol. The number of carbonyl (C=O) groups is 2. The van der Waals surface area contributed by atoms with E-state index in [1.165, 1.54) is 7.11 Å². The van der Waals surface area contributed by atoms with Gasteiger partial charge in [-0.25, -0.2) is 4.79 Å². The Balaban J connectivity index is 2.50. The molecule has 1 atom stereocenters. The standard InChI is InChI=1S/C15H21NO5/c1-19-8-9-21-11-14(17)16-13(15(18)20-2)10-12-6-4-3-5-7-12/h3-7,13H,8-11H2,1-2H3,(H,16,17)/t13-/m1/s1. The van der Waals surface area contributed by atoms with E-state index in [9.17, 15) is 9.59 Å². The number of carbonyl (C=O) groups excluding carboxylic acids is 2. The topological polar surface area (TPSA) is 73.9 Å². The van der Waals surface area contributed by atoms with Crippen LogP contribution in [0.2, 0.25) is 0 Å². The molecule has 0 bridgehead atoms. The van der Waals surface area contributed by atoms with Crippen molar-refractivity contribution in [2.24, 2.45) is 0 Å². The minimum Gasteiger partial charge on any atom is -0.467 e. The third kappa shape index (κ3) is 6.87. The van der Waals surface area contributed by atoms with Crippen LogP contribution in [-0.2, 0) is 30.2 Å². The highest BCUT2D eigenvalue weighted by atomic mass is 16.5. The normalized spacial score (nSPS) is 11.7. The van der Waals surface area contributed by atoms with Gasteiger partial charge >= 0.3 is 5.97 Å². The van der Waals surface area contributed by atoms with Gasteiger partial charge in [0.25, 0.3) is 0 Å². The number of methoxy groups -OCH3 is 2. The fraction of sp³-hybridized carbons (Fsp3) is 0.467. The van der Waals surface area contributed by atoms with Crippen molar-refractivity contribution in [3.63, 3.8) is 0 Å². The molecule has 0 unspecified atom stereocenters. The number of nitrogens with one attached hydrogen (secondary N) is 1. The fourth-order valence-electron chi connectivity index (χ4n) is 1.73. The zero-order valence-electron chi connectivity index (χ0n) is 12.3. The summed E-state index contributed by atoms with van der Waals surface area (Å²) in [6.45, 7) is 0.620. The van der Waals surface area contributed by atoms with Crippen LogP contribution in [0.4, 0.5) is 0 Å². The highest BCUT2D eigenvalue weighted by Crippen LogP contribution is 2.04. The lowest BCUT2D eigenvalue weighted by molar-refractivity contribution is -0.145. The summed E-state index contributed by atoms with van der Waals surface area (Å²) in [5.41, 5.74) is 0.938. The summed E-state index contributed by atoms with van der Waals surface area (Å²) in [6, 6.07) is 8.68.